The number of rotatable bonds is 3. The Labute approximate surface area is 100 Å². The van der Waals surface area contributed by atoms with Gasteiger partial charge in [-0.3, -0.25) is 4.79 Å². The summed E-state index contributed by atoms with van der Waals surface area (Å²) in [5.41, 5.74) is 0.763. The Morgan fingerprint density at radius 2 is 2.38 bits per heavy atom. The van der Waals surface area contributed by atoms with Crippen LogP contribution >= 0.6 is 11.6 Å². The van der Waals surface area contributed by atoms with Crippen LogP contribution in [0.5, 0.6) is 0 Å². The van der Waals surface area contributed by atoms with Crippen molar-refractivity contribution in [2.75, 3.05) is 5.32 Å². The maximum absolute atomic E-state index is 11.7. The van der Waals surface area contributed by atoms with E-state index in [1.165, 1.54) is 0 Å². The van der Waals surface area contributed by atoms with Gasteiger partial charge in [-0.25, -0.2) is 0 Å². The van der Waals surface area contributed by atoms with Crippen LogP contribution in [0.3, 0.4) is 0 Å². The van der Waals surface area contributed by atoms with Gasteiger partial charge in [-0.15, -0.1) is 0 Å². The van der Waals surface area contributed by atoms with E-state index in [2.05, 4.69) is 17.5 Å². The molecule has 1 aromatic rings. The van der Waals surface area contributed by atoms with Gasteiger partial charge in [0.25, 0.3) is 0 Å². The topological polar surface area (TPSA) is 29.1 Å². The van der Waals surface area contributed by atoms with E-state index in [9.17, 15) is 4.79 Å². The summed E-state index contributed by atoms with van der Waals surface area (Å²) in [6.07, 6.45) is 7.00. The quantitative estimate of drug-likeness (QED) is 0.797. The summed E-state index contributed by atoms with van der Waals surface area (Å²) in [5, 5.41) is 3.49. The van der Waals surface area contributed by atoms with Crippen LogP contribution in [-0.2, 0) is 4.79 Å². The monoisotopic (exact) mass is 235 g/mol. The summed E-state index contributed by atoms with van der Waals surface area (Å²) in [7, 11) is 0. The molecule has 1 aromatic carbocycles. The lowest BCUT2D eigenvalue weighted by Crippen LogP contribution is -2.14. The highest BCUT2D eigenvalue weighted by molar-refractivity contribution is 6.30. The first-order valence-corrected chi connectivity index (χ1v) is 5.84. The van der Waals surface area contributed by atoms with Crippen molar-refractivity contribution >= 4 is 23.2 Å². The highest BCUT2D eigenvalue weighted by Gasteiger charge is 2.13. The molecular weight excluding hydrogens is 222 g/mol. The van der Waals surface area contributed by atoms with E-state index < -0.39 is 0 Å². The lowest BCUT2D eigenvalue weighted by molar-refractivity contribution is -0.116. The van der Waals surface area contributed by atoms with Crippen LogP contribution in [0.1, 0.15) is 19.3 Å². The molecule has 0 heterocycles. The number of anilines is 1. The molecule has 0 saturated heterocycles. The summed E-state index contributed by atoms with van der Waals surface area (Å²) in [4.78, 5) is 11.7. The van der Waals surface area contributed by atoms with Crippen LogP contribution < -0.4 is 5.32 Å². The minimum atomic E-state index is 0.0545. The van der Waals surface area contributed by atoms with E-state index in [1.54, 1.807) is 12.1 Å². The molecule has 1 aliphatic rings. The molecule has 2 nitrogen and oxygen atoms in total. The van der Waals surface area contributed by atoms with Crippen LogP contribution in [0.2, 0.25) is 5.02 Å². The smallest absolute Gasteiger partial charge is 0.224 e. The third-order valence-corrected chi connectivity index (χ3v) is 2.90. The molecule has 1 aliphatic carbocycles. The molecule has 0 aromatic heterocycles. The second-order valence-corrected chi connectivity index (χ2v) is 4.46. The van der Waals surface area contributed by atoms with Crippen LogP contribution in [0.4, 0.5) is 5.69 Å². The molecule has 3 heteroatoms. The van der Waals surface area contributed by atoms with Crippen LogP contribution in [0, 0.1) is 5.92 Å². The van der Waals surface area contributed by atoms with Crippen molar-refractivity contribution in [2.45, 2.75) is 19.3 Å². The summed E-state index contributed by atoms with van der Waals surface area (Å²) >= 11 is 5.84. The molecular formula is C13H14ClNO. The van der Waals surface area contributed by atoms with Crippen molar-refractivity contribution in [2.24, 2.45) is 5.92 Å². The number of halogens is 1. The number of carbonyl (C=O) groups excluding carboxylic acids is 1. The van der Waals surface area contributed by atoms with Gasteiger partial charge in [0.2, 0.25) is 5.91 Å². The van der Waals surface area contributed by atoms with E-state index in [0.29, 0.717) is 17.4 Å². The Morgan fingerprint density at radius 1 is 1.50 bits per heavy atom. The first-order valence-electron chi connectivity index (χ1n) is 5.46. The summed E-state index contributed by atoms with van der Waals surface area (Å²) in [6, 6.07) is 7.21. The predicted molar refractivity (Wildman–Crippen MR) is 66.6 cm³/mol. The van der Waals surface area contributed by atoms with E-state index in [-0.39, 0.29) is 5.91 Å². The fourth-order valence-corrected chi connectivity index (χ4v) is 2.07. The van der Waals surface area contributed by atoms with Crippen LogP contribution in [0.15, 0.2) is 36.4 Å². The Bertz CT molecular complexity index is 414. The molecule has 16 heavy (non-hydrogen) atoms. The number of nitrogens with one attached hydrogen (secondary N) is 1. The van der Waals surface area contributed by atoms with Gasteiger partial charge in [0.15, 0.2) is 0 Å². The fourth-order valence-electron chi connectivity index (χ4n) is 1.88. The number of hydrogen-bond donors (Lipinski definition) is 1. The third kappa shape index (κ3) is 3.11. The van der Waals surface area contributed by atoms with Crippen LogP contribution in [-0.4, -0.2) is 5.91 Å². The summed E-state index contributed by atoms with van der Waals surface area (Å²) in [6.45, 7) is 0. The molecule has 0 aliphatic heterocycles. The predicted octanol–water partition coefficient (Wildman–Crippen LogP) is 3.63. The number of benzene rings is 1. The molecule has 0 spiro atoms. The molecule has 2 rings (SSSR count). The Kier molecular flexibility index (Phi) is 3.62. The molecule has 0 bridgehead atoms. The molecule has 0 unspecified atom stereocenters. The first-order chi connectivity index (χ1) is 7.74. The Morgan fingerprint density at radius 3 is 3.06 bits per heavy atom. The Hall–Kier alpha value is -1.28. The number of amides is 1. The van der Waals surface area contributed by atoms with E-state index in [4.69, 9.17) is 11.6 Å². The van der Waals surface area contributed by atoms with Gasteiger partial charge < -0.3 is 5.32 Å². The summed E-state index contributed by atoms with van der Waals surface area (Å²) < 4.78 is 0. The van der Waals surface area contributed by atoms with Crippen molar-refractivity contribution in [3.05, 3.63) is 41.4 Å². The second kappa shape index (κ2) is 5.17. The van der Waals surface area contributed by atoms with Crippen molar-refractivity contribution in [3.8, 4) is 0 Å². The lowest BCUT2D eigenvalue weighted by Gasteiger charge is -2.08. The zero-order valence-corrected chi connectivity index (χ0v) is 9.70. The maximum Gasteiger partial charge on any atom is 0.224 e. The number of allylic oxidation sites excluding steroid dienone is 2. The van der Waals surface area contributed by atoms with Crippen molar-refractivity contribution in [1.29, 1.82) is 0 Å². The zero-order chi connectivity index (χ0) is 11.4. The fraction of sp³-hybridized carbons (Fsp3) is 0.308. The van der Waals surface area contributed by atoms with Gasteiger partial charge in [-0.1, -0.05) is 29.8 Å². The largest absolute Gasteiger partial charge is 0.326 e. The molecule has 1 N–H and O–H groups in total. The highest BCUT2D eigenvalue weighted by Crippen LogP contribution is 2.21. The molecule has 0 radical (unpaired) electrons. The molecule has 0 fully saturated rings. The van der Waals surface area contributed by atoms with Gasteiger partial charge in [-0.2, -0.15) is 0 Å². The molecule has 0 saturated carbocycles. The average Bonchev–Trinajstić information content (AvgIpc) is 2.70. The average molecular weight is 236 g/mol. The second-order valence-electron chi connectivity index (χ2n) is 4.03. The first kappa shape index (κ1) is 11.2. The van der Waals surface area contributed by atoms with Crippen molar-refractivity contribution < 1.29 is 4.79 Å². The third-order valence-electron chi connectivity index (χ3n) is 2.67. The van der Waals surface area contributed by atoms with Gasteiger partial charge in [0, 0.05) is 17.1 Å². The lowest BCUT2D eigenvalue weighted by atomic mass is 10.1. The standard InChI is InChI=1S/C13H14ClNO/c14-11-6-3-7-12(9-11)15-13(16)8-10-4-1-2-5-10/h1,3-4,6-7,9-10H,2,5,8H2,(H,15,16)/t10-/m0/s1. The van der Waals surface area contributed by atoms with E-state index in [1.807, 2.05) is 12.1 Å². The number of hydrogen-bond acceptors (Lipinski definition) is 1. The number of carbonyl (C=O) groups is 1. The van der Waals surface area contributed by atoms with Gasteiger partial charge in [-0.05, 0) is 37.0 Å². The Balaban J connectivity index is 1.89. The van der Waals surface area contributed by atoms with Crippen LogP contribution in [0.25, 0.3) is 0 Å². The SMILES string of the molecule is O=C(C[C@H]1C=CCC1)Nc1cccc(Cl)c1. The normalized spacial score (nSPS) is 18.7. The molecule has 1 atom stereocenters. The van der Waals surface area contributed by atoms with Gasteiger partial charge >= 0.3 is 0 Å². The minimum Gasteiger partial charge on any atom is -0.326 e. The van der Waals surface area contributed by atoms with Crippen molar-refractivity contribution in [1.82, 2.24) is 0 Å². The molecule has 84 valence electrons. The van der Waals surface area contributed by atoms with Gasteiger partial charge in [0.05, 0.1) is 0 Å². The zero-order valence-electron chi connectivity index (χ0n) is 8.95. The van der Waals surface area contributed by atoms with E-state index >= 15 is 0 Å². The molecule has 1 amide bonds. The van der Waals surface area contributed by atoms with Gasteiger partial charge in [0.1, 0.15) is 0 Å². The minimum absolute atomic E-state index is 0.0545. The maximum atomic E-state index is 11.7. The highest BCUT2D eigenvalue weighted by atomic mass is 35.5. The summed E-state index contributed by atoms with van der Waals surface area (Å²) in [5.74, 6) is 0.456. The van der Waals surface area contributed by atoms with E-state index in [0.717, 1.165) is 18.5 Å². The van der Waals surface area contributed by atoms with Crippen molar-refractivity contribution in [3.63, 3.8) is 0 Å².